The first-order valence-electron chi connectivity index (χ1n) is 8.69. The second-order valence-electron chi connectivity index (χ2n) is 5.71. The monoisotopic (exact) mass is 405 g/mol. The molecule has 28 heavy (non-hydrogen) atoms. The van der Waals surface area contributed by atoms with Gasteiger partial charge in [-0.2, -0.15) is 0 Å². The van der Waals surface area contributed by atoms with E-state index in [9.17, 15) is 4.79 Å². The van der Waals surface area contributed by atoms with E-state index in [4.69, 9.17) is 30.5 Å². The molecule has 1 N–H and O–H groups in total. The molecule has 2 aromatic carbocycles. The Hall–Kier alpha value is -2.86. The SMILES string of the molecule is CCOc1c(Cl)cc(/C=C/C(=O)NCc2ccc(OC)c(OC)c2)cc1OC. The van der Waals surface area contributed by atoms with Gasteiger partial charge in [-0.15, -0.1) is 0 Å². The number of benzene rings is 2. The maximum atomic E-state index is 12.1. The fourth-order valence-electron chi connectivity index (χ4n) is 2.53. The Morgan fingerprint density at radius 3 is 2.39 bits per heavy atom. The van der Waals surface area contributed by atoms with Crippen LogP contribution in [0.3, 0.4) is 0 Å². The number of halogens is 1. The van der Waals surface area contributed by atoms with Crippen LogP contribution < -0.4 is 24.3 Å². The zero-order valence-electron chi connectivity index (χ0n) is 16.4. The van der Waals surface area contributed by atoms with Crippen molar-refractivity contribution in [3.8, 4) is 23.0 Å². The fraction of sp³-hybridized carbons (Fsp3) is 0.286. The van der Waals surface area contributed by atoms with Gasteiger partial charge in [-0.25, -0.2) is 0 Å². The predicted molar refractivity (Wildman–Crippen MR) is 110 cm³/mol. The quantitative estimate of drug-likeness (QED) is 0.636. The largest absolute Gasteiger partial charge is 0.493 e. The van der Waals surface area contributed by atoms with Crippen LogP contribution in [0.25, 0.3) is 6.08 Å². The lowest BCUT2D eigenvalue weighted by molar-refractivity contribution is -0.116. The van der Waals surface area contributed by atoms with Gasteiger partial charge in [0.15, 0.2) is 23.0 Å². The highest BCUT2D eigenvalue weighted by Crippen LogP contribution is 2.36. The van der Waals surface area contributed by atoms with Crippen molar-refractivity contribution in [1.82, 2.24) is 5.32 Å². The first kappa shape index (κ1) is 21.4. The van der Waals surface area contributed by atoms with Crippen LogP contribution in [0, 0.1) is 0 Å². The van der Waals surface area contributed by atoms with Gasteiger partial charge in [0.2, 0.25) is 5.91 Å². The van der Waals surface area contributed by atoms with Gasteiger partial charge < -0.3 is 24.3 Å². The number of methoxy groups -OCH3 is 3. The molecule has 0 radical (unpaired) electrons. The zero-order chi connectivity index (χ0) is 20.5. The maximum Gasteiger partial charge on any atom is 0.244 e. The summed E-state index contributed by atoms with van der Waals surface area (Å²) in [5, 5.41) is 3.24. The van der Waals surface area contributed by atoms with Crippen molar-refractivity contribution >= 4 is 23.6 Å². The van der Waals surface area contributed by atoms with Crippen LogP contribution in [0.4, 0.5) is 0 Å². The third-order valence-corrected chi connectivity index (χ3v) is 4.16. The molecule has 0 heterocycles. The topological polar surface area (TPSA) is 66.0 Å². The van der Waals surface area contributed by atoms with Gasteiger partial charge in [-0.05, 0) is 48.4 Å². The first-order chi connectivity index (χ1) is 13.5. The highest BCUT2D eigenvalue weighted by atomic mass is 35.5. The molecule has 1 amide bonds. The normalized spacial score (nSPS) is 10.6. The summed E-state index contributed by atoms with van der Waals surface area (Å²) in [6, 6.07) is 8.95. The second kappa shape index (κ2) is 10.5. The number of rotatable bonds is 9. The Kier molecular flexibility index (Phi) is 8.02. The summed E-state index contributed by atoms with van der Waals surface area (Å²) >= 11 is 6.24. The van der Waals surface area contributed by atoms with Crippen molar-refractivity contribution in [2.45, 2.75) is 13.5 Å². The van der Waals surface area contributed by atoms with Crippen LogP contribution in [-0.4, -0.2) is 33.8 Å². The van der Waals surface area contributed by atoms with Gasteiger partial charge in [0.1, 0.15) is 0 Å². The van der Waals surface area contributed by atoms with Crippen LogP contribution in [0.15, 0.2) is 36.4 Å². The molecule has 0 saturated carbocycles. The molecule has 6 nitrogen and oxygen atoms in total. The molecule has 0 aromatic heterocycles. The van der Waals surface area contributed by atoms with Crippen LogP contribution in [0.2, 0.25) is 5.02 Å². The van der Waals surface area contributed by atoms with Crippen molar-refractivity contribution in [3.05, 3.63) is 52.6 Å². The summed E-state index contributed by atoms with van der Waals surface area (Å²) in [5.74, 6) is 2.01. The molecule has 150 valence electrons. The highest BCUT2D eigenvalue weighted by molar-refractivity contribution is 6.32. The maximum absolute atomic E-state index is 12.1. The standard InChI is InChI=1S/C21H24ClNO5/c1-5-28-21-16(22)10-14(11-19(21)27-4)7-9-20(24)23-13-15-6-8-17(25-2)18(12-15)26-3/h6-12H,5,13H2,1-4H3,(H,23,24)/b9-7+. The minimum Gasteiger partial charge on any atom is -0.493 e. The molecule has 0 saturated heterocycles. The van der Waals surface area contributed by atoms with Crippen LogP contribution in [0.5, 0.6) is 23.0 Å². The van der Waals surface area contributed by atoms with Gasteiger partial charge >= 0.3 is 0 Å². The molecule has 0 aliphatic rings. The Morgan fingerprint density at radius 1 is 1.04 bits per heavy atom. The van der Waals surface area contributed by atoms with Crippen LogP contribution in [0.1, 0.15) is 18.1 Å². The van der Waals surface area contributed by atoms with E-state index in [1.165, 1.54) is 13.2 Å². The molecule has 0 fully saturated rings. The first-order valence-corrected chi connectivity index (χ1v) is 9.07. The van der Waals surface area contributed by atoms with Gasteiger partial charge in [0.05, 0.1) is 33.0 Å². The molecular formula is C21H24ClNO5. The average Bonchev–Trinajstić information content (AvgIpc) is 2.71. The number of carbonyl (C=O) groups excluding carboxylic acids is 1. The van der Waals surface area contributed by atoms with E-state index >= 15 is 0 Å². The molecule has 2 rings (SSSR count). The molecule has 7 heteroatoms. The number of nitrogens with one attached hydrogen (secondary N) is 1. The van der Waals surface area contributed by atoms with Crippen molar-refractivity contribution < 1.29 is 23.7 Å². The van der Waals surface area contributed by atoms with Crippen molar-refractivity contribution in [2.24, 2.45) is 0 Å². The number of ether oxygens (including phenoxy) is 4. The van der Waals surface area contributed by atoms with Gasteiger partial charge in [0.25, 0.3) is 0 Å². The molecular weight excluding hydrogens is 382 g/mol. The zero-order valence-corrected chi connectivity index (χ0v) is 17.1. The summed E-state index contributed by atoms with van der Waals surface area (Å²) < 4.78 is 21.3. The molecule has 0 atom stereocenters. The summed E-state index contributed by atoms with van der Waals surface area (Å²) in [6.45, 7) is 2.70. The van der Waals surface area contributed by atoms with E-state index < -0.39 is 0 Å². The third kappa shape index (κ3) is 5.57. The Bertz CT molecular complexity index is 851. The van der Waals surface area contributed by atoms with E-state index in [2.05, 4.69) is 5.32 Å². The molecule has 2 aromatic rings. The molecule has 0 unspecified atom stereocenters. The lowest BCUT2D eigenvalue weighted by atomic mass is 10.1. The van der Waals surface area contributed by atoms with Crippen LogP contribution >= 0.6 is 11.6 Å². The van der Waals surface area contributed by atoms with E-state index in [0.717, 1.165) is 11.1 Å². The summed E-state index contributed by atoms with van der Waals surface area (Å²) in [5.41, 5.74) is 1.62. The predicted octanol–water partition coefficient (Wildman–Crippen LogP) is 4.09. The van der Waals surface area contributed by atoms with E-state index in [0.29, 0.717) is 41.2 Å². The summed E-state index contributed by atoms with van der Waals surface area (Å²) in [7, 11) is 4.68. The Balaban J connectivity index is 2.03. The molecule has 0 spiro atoms. The lowest BCUT2D eigenvalue weighted by Crippen LogP contribution is -2.20. The van der Waals surface area contributed by atoms with Crippen molar-refractivity contribution in [1.29, 1.82) is 0 Å². The molecule has 0 aliphatic heterocycles. The Morgan fingerprint density at radius 2 is 1.75 bits per heavy atom. The fourth-order valence-corrected chi connectivity index (χ4v) is 2.80. The van der Waals surface area contributed by atoms with Gasteiger partial charge in [-0.3, -0.25) is 4.79 Å². The van der Waals surface area contributed by atoms with E-state index in [1.54, 1.807) is 38.5 Å². The van der Waals surface area contributed by atoms with E-state index in [1.807, 2.05) is 19.1 Å². The minimum atomic E-state index is -0.237. The number of amides is 1. The summed E-state index contributed by atoms with van der Waals surface area (Å²) in [6.07, 6.45) is 3.10. The highest BCUT2D eigenvalue weighted by Gasteiger charge is 2.11. The third-order valence-electron chi connectivity index (χ3n) is 3.88. The van der Waals surface area contributed by atoms with Gasteiger partial charge in [0, 0.05) is 12.6 Å². The second-order valence-corrected chi connectivity index (χ2v) is 6.11. The summed E-state index contributed by atoms with van der Waals surface area (Å²) in [4.78, 5) is 12.1. The van der Waals surface area contributed by atoms with Crippen LogP contribution in [-0.2, 0) is 11.3 Å². The van der Waals surface area contributed by atoms with Gasteiger partial charge in [-0.1, -0.05) is 17.7 Å². The minimum absolute atomic E-state index is 0.237. The smallest absolute Gasteiger partial charge is 0.244 e. The Labute approximate surface area is 170 Å². The number of hydrogen-bond donors (Lipinski definition) is 1. The van der Waals surface area contributed by atoms with Crippen molar-refractivity contribution in [3.63, 3.8) is 0 Å². The molecule has 0 bridgehead atoms. The average molecular weight is 406 g/mol. The number of carbonyl (C=O) groups is 1. The molecule has 0 aliphatic carbocycles. The van der Waals surface area contributed by atoms with Crippen molar-refractivity contribution in [2.75, 3.05) is 27.9 Å². The van der Waals surface area contributed by atoms with E-state index in [-0.39, 0.29) is 5.91 Å². The number of hydrogen-bond acceptors (Lipinski definition) is 5. The lowest BCUT2D eigenvalue weighted by Gasteiger charge is -2.12.